The molecular weight excluding hydrogens is 208 g/mol. The van der Waals surface area contributed by atoms with E-state index in [1.807, 2.05) is 0 Å². The monoisotopic (exact) mass is 228 g/mol. The van der Waals surface area contributed by atoms with Gasteiger partial charge in [0.1, 0.15) is 5.82 Å². The second kappa shape index (κ2) is 5.17. The zero-order chi connectivity index (χ0) is 12.3. The van der Waals surface area contributed by atoms with E-state index in [2.05, 4.69) is 55.7 Å². The highest BCUT2D eigenvalue weighted by molar-refractivity contribution is 5.32. The van der Waals surface area contributed by atoms with Crippen molar-refractivity contribution in [3.8, 4) is 5.82 Å². The third-order valence-electron chi connectivity index (χ3n) is 3.08. The van der Waals surface area contributed by atoms with Gasteiger partial charge in [0.25, 0.3) is 0 Å². The fraction of sp³-hybridized carbons (Fsp3) is 0.400. The van der Waals surface area contributed by atoms with Crippen molar-refractivity contribution in [2.45, 2.75) is 40.0 Å². The Morgan fingerprint density at radius 3 is 2.41 bits per heavy atom. The van der Waals surface area contributed by atoms with Crippen LogP contribution < -0.4 is 0 Å². The van der Waals surface area contributed by atoms with Crippen LogP contribution in [-0.2, 0) is 6.42 Å². The maximum atomic E-state index is 4.74. The van der Waals surface area contributed by atoms with E-state index >= 15 is 0 Å². The molecule has 90 valence electrons. The summed E-state index contributed by atoms with van der Waals surface area (Å²) in [7, 11) is 0. The van der Waals surface area contributed by atoms with Gasteiger partial charge in [-0.2, -0.15) is 0 Å². The lowest BCUT2D eigenvalue weighted by molar-refractivity contribution is 0.769. The Hall–Kier alpha value is -1.57. The minimum atomic E-state index is 1.04. The molecule has 0 aromatic carbocycles. The second-order valence-electron chi connectivity index (χ2n) is 4.54. The van der Waals surface area contributed by atoms with Crippen LogP contribution in [0.15, 0.2) is 30.3 Å². The van der Waals surface area contributed by atoms with Crippen molar-refractivity contribution in [1.29, 1.82) is 0 Å². The molecule has 0 aliphatic carbocycles. The highest BCUT2D eigenvalue weighted by Crippen LogP contribution is 2.15. The average molecular weight is 228 g/mol. The molecule has 0 fully saturated rings. The number of nitrogens with zero attached hydrogens (tertiary/aromatic N) is 2. The van der Waals surface area contributed by atoms with E-state index in [4.69, 9.17) is 4.98 Å². The van der Waals surface area contributed by atoms with Gasteiger partial charge in [-0.15, -0.1) is 0 Å². The molecule has 0 saturated carbocycles. The fourth-order valence-electron chi connectivity index (χ4n) is 2.12. The molecule has 2 rings (SSSR count). The Labute approximate surface area is 103 Å². The second-order valence-corrected chi connectivity index (χ2v) is 4.54. The van der Waals surface area contributed by atoms with E-state index in [1.54, 1.807) is 0 Å². The van der Waals surface area contributed by atoms with Crippen LogP contribution in [0, 0.1) is 13.8 Å². The molecule has 0 unspecified atom stereocenters. The molecule has 2 heteroatoms. The number of aryl methyl sites for hydroxylation is 3. The molecule has 0 aliphatic rings. The summed E-state index contributed by atoms with van der Waals surface area (Å²) in [6.07, 6.45) is 3.50. The number of pyridine rings is 1. The van der Waals surface area contributed by atoms with Gasteiger partial charge in [0, 0.05) is 17.1 Å². The summed E-state index contributed by atoms with van der Waals surface area (Å²) < 4.78 is 2.20. The summed E-state index contributed by atoms with van der Waals surface area (Å²) in [6, 6.07) is 10.6. The molecule has 2 aromatic heterocycles. The lowest BCUT2D eigenvalue weighted by Crippen LogP contribution is -2.03. The Morgan fingerprint density at radius 1 is 1.06 bits per heavy atom. The Bertz CT molecular complexity index is 478. The summed E-state index contributed by atoms with van der Waals surface area (Å²) in [5.41, 5.74) is 3.67. The summed E-state index contributed by atoms with van der Waals surface area (Å²) in [4.78, 5) is 4.74. The number of hydrogen-bond donors (Lipinski definition) is 0. The van der Waals surface area contributed by atoms with E-state index in [1.165, 1.54) is 29.9 Å². The summed E-state index contributed by atoms with van der Waals surface area (Å²) in [5, 5.41) is 0. The number of aromatic nitrogens is 2. The third kappa shape index (κ3) is 2.57. The van der Waals surface area contributed by atoms with Crippen molar-refractivity contribution < 1.29 is 0 Å². The molecule has 0 atom stereocenters. The summed E-state index contributed by atoms with van der Waals surface area (Å²) in [5.74, 6) is 1.04. The van der Waals surface area contributed by atoms with Crippen molar-refractivity contribution in [2.75, 3.05) is 0 Å². The number of hydrogen-bond acceptors (Lipinski definition) is 1. The normalized spacial score (nSPS) is 10.8. The molecule has 2 aromatic rings. The Morgan fingerprint density at radius 2 is 1.76 bits per heavy atom. The SMILES string of the molecule is CCCCc1cccc(-n2c(C)ccc2C)n1. The molecular formula is C15H20N2. The van der Waals surface area contributed by atoms with Crippen LogP contribution in [0.5, 0.6) is 0 Å². The van der Waals surface area contributed by atoms with Crippen LogP contribution in [0.25, 0.3) is 5.82 Å². The van der Waals surface area contributed by atoms with Crippen molar-refractivity contribution in [3.63, 3.8) is 0 Å². The van der Waals surface area contributed by atoms with Crippen LogP contribution in [0.4, 0.5) is 0 Å². The standard InChI is InChI=1S/C15H20N2/c1-4-5-7-14-8-6-9-15(16-14)17-12(2)10-11-13(17)3/h6,8-11H,4-5,7H2,1-3H3. The van der Waals surface area contributed by atoms with Gasteiger partial charge in [-0.25, -0.2) is 4.98 Å². The molecule has 17 heavy (non-hydrogen) atoms. The van der Waals surface area contributed by atoms with E-state index in [0.29, 0.717) is 0 Å². The average Bonchev–Trinajstić information content (AvgIpc) is 2.67. The number of rotatable bonds is 4. The molecule has 0 N–H and O–H groups in total. The van der Waals surface area contributed by atoms with Gasteiger partial charge in [0.15, 0.2) is 0 Å². The molecule has 0 amide bonds. The molecule has 0 saturated heterocycles. The van der Waals surface area contributed by atoms with E-state index in [-0.39, 0.29) is 0 Å². The maximum Gasteiger partial charge on any atom is 0.137 e. The molecule has 0 spiro atoms. The molecule has 0 radical (unpaired) electrons. The first kappa shape index (κ1) is 11.9. The minimum Gasteiger partial charge on any atom is -0.303 e. The third-order valence-corrected chi connectivity index (χ3v) is 3.08. The molecule has 0 aliphatic heterocycles. The van der Waals surface area contributed by atoms with Gasteiger partial charge in [0.05, 0.1) is 0 Å². The number of unbranched alkanes of at least 4 members (excludes halogenated alkanes) is 1. The predicted octanol–water partition coefficient (Wildman–Crippen LogP) is 3.83. The first-order valence-electron chi connectivity index (χ1n) is 6.33. The predicted molar refractivity (Wildman–Crippen MR) is 71.7 cm³/mol. The van der Waals surface area contributed by atoms with Crippen LogP contribution in [0.1, 0.15) is 36.8 Å². The zero-order valence-corrected chi connectivity index (χ0v) is 10.9. The largest absolute Gasteiger partial charge is 0.303 e. The van der Waals surface area contributed by atoms with Gasteiger partial charge in [-0.3, -0.25) is 0 Å². The smallest absolute Gasteiger partial charge is 0.137 e. The maximum absolute atomic E-state index is 4.74. The molecule has 2 heterocycles. The fourth-order valence-corrected chi connectivity index (χ4v) is 2.12. The van der Waals surface area contributed by atoms with E-state index in [9.17, 15) is 0 Å². The van der Waals surface area contributed by atoms with Crippen LogP contribution >= 0.6 is 0 Å². The van der Waals surface area contributed by atoms with E-state index < -0.39 is 0 Å². The minimum absolute atomic E-state index is 1.04. The quantitative estimate of drug-likeness (QED) is 0.777. The van der Waals surface area contributed by atoms with Crippen LogP contribution in [0.3, 0.4) is 0 Å². The van der Waals surface area contributed by atoms with Gasteiger partial charge < -0.3 is 4.57 Å². The Balaban J connectivity index is 2.33. The topological polar surface area (TPSA) is 17.8 Å². The van der Waals surface area contributed by atoms with Gasteiger partial charge in [-0.1, -0.05) is 19.4 Å². The lowest BCUT2D eigenvalue weighted by atomic mass is 10.2. The molecule has 0 bridgehead atoms. The van der Waals surface area contributed by atoms with Gasteiger partial charge in [-0.05, 0) is 51.0 Å². The van der Waals surface area contributed by atoms with E-state index in [0.717, 1.165) is 12.2 Å². The van der Waals surface area contributed by atoms with Crippen molar-refractivity contribution in [3.05, 3.63) is 47.4 Å². The highest BCUT2D eigenvalue weighted by atomic mass is 15.1. The van der Waals surface area contributed by atoms with Gasteiger partial charge >= 0.3 is 0 Å². The Kier molecular flexibility index (Phi) is 3.62. The lowest BCUT2D eigenvalue weighted by Gasteiger charge is -2.09. The first-order chi connectivity index (χ1) is 8.22. The zero-order valence-electron chi connectivity index (χ0n) is 10.9. The van der Waals surface area contributed by atoms with Crippen molar-refractivity contribution in [2.24, 2.45) is 0 Å². The van der Waals surface area contributed by atoms with Crippen LogP contribution in [-0.4, -0.2) is 9.55 Å². The molecule has 2 nitrogen and oxygen atoms in total. The van der Waals surface area contributed by atoms with Crippen molar-refractivity contribution >= 4 is 0 Å². The van der Waals surface area contributed by atoms with Crippen LogP contribution in [0.2, 0.25) is 0 Å². The summed E-state index contributed by atoms with van der Waals surface area (Å²) in [6.45, 7) is 6.45. The van der Waals surface area contributed by atoms with Crippen molar-refractivity contribution in [1.82, 2.24) is 9.55 Å². The highest BCUT2D eigenvalue weighted by Gasteiger charge is 2.05. The summed E-state index contributed by atoms with van der Waals surface area (Å²) >= 11 is 0. The first-order valence-corrected chi connectivity index (χ1v) is 6.33. The van der Waals surface area contributed by atoms with Gasteiger partial charge in [0.2, 0.25) is 0 Å².